The first kappa shape index (κ1) is 12.2. The number of hydrogen-bond acceptors (Lipinski definition) is 5. The molecular weight excluding hydrogens is 292 g/mol. The number of thiophene rings is 1. The summed E-state index contributed by atoms with van der Waals surface area (Å²) < 4.78 is 0. The summed E-state index contributed by atoms with van der Waals surface area (Å²) >= 11 is 1.04. The smallest absolute Gasteiger partial charge is 0.271 e. The molecule has 0 N–H and O–H groups in total. The quantitative estimate of drug-likeness (QED) is 0.688. The van der Waals surface area contributed by atoms with Crippen LogP contribution in [-0.4, -0.2) is 47.5 Å². The molecule has 2 aliphatic heterocycles. The van der Waals surface area contributed by atoms with Gasteiger partial charge in [0.15, 0.2) is 0 Å². The molecule has 7 heteroatoms. The topological polar surface area (TPSA) is 74.8 Å². The molecule has 6 nitrogen and oxygen atoms in total. The minimum Gasteiger partial charge on any atom is -0.277 e. The number of benzene rings is 1. The molecule has 0 saturated carbocycles. The molecule has 0 bridgehead atoms. The zero-order valence-corrected chi connectivity index (χ0v) is 11.9. The van der Waals surface area contributed by atoms with Crippen LogP contribution in [0.2, 0.25) is 0 Å². The number of carbonyl (C=O) groups is 4. The highest BCUT2D eigenvalue weighted by Gasteiger charge is 2.40. The monoisotopic (exact) mass is 300 g/mol. The molecule has 0 atom stereocenters. The van der Waals surface area contributed by atoms with E-state index in [0.29, 0.717) is 31.7 Å². The molecule has 0 unspecified atom stereocenters. The van der Waals surface area contributed by atoms with Crippen molar-refractivity contribution < 1.29 is 19.2 Å². The van der Waals surface area contributed by atoms with Crippen molar-refractivity contribution in [3.63, 3.8) is 0 Å². The fourth-order valence-electron chi connectivity index (χ4n) is 2.79. The van der Waals surface area contributed by atoms with Crippen LogP contribution in [0.5, 0.6) is 0 Å². The summed E-state index contributed by atoms with van der Waals surface area (Å²) in [6.07, 6.45) is 0. The van der Waals surface area contributed by atoms with Gasteiger partial charge >= 0.3 is 0 Å². The third kappa shape index (κ3) is 1.22. The van der Waals surface area contributed by atoms with Gasteiger partial charge in [-0.25, -0.2) is 0 Å². The lowest BCUT2D eigenvalue weighted by Gasteiger charge is -2.23. The van der Waals surface area contributed by atoms with E-state index in [9.17, 15) is 19.2 Å². The van der Waals surface area contributed by atoms with Crippen LogP contribution in [0.4, 0.5) is 0 Å². The standard InChI is InChI=1S/C14H8N2O4S/c1-15-11(17)5-3-4-6-8-7(5)9(13(15)19)21-10(8)14(20)16(2)12(6)18/h3-4H,1-2H3. The van der Waals surface area contributed by atoms with Gasteiger partial charge in [-0.2, -0.15) is 0 Å². The van der Waals surface area contributed by atoms with Crippen molar-refractivity contribution in [3.8, 4) is 0 Å². The maximum absolute atomic E-state index is 12.2. The van der Waals surface area contributed by atoms with Crippen LogP contribution >= 0.6 is 11.3 Å². The van der Waals surface area contributed by atoms with Crippen LogP contribution in [0.1, 0.15) is 40.1 Å². The molecule has 4 rings (SSSR count). The SMILES string of the molecule is CN1C(=O)c2ccc3c4c(sc(c24)C1=O)C(=O)N(C)C3=O. The first-order valence-corrected chi connectivity index (χ1v) is 6.99. The molecule has 2 aromatic rings. The van der Waals surface area contributed by atoms with Crippen molar-refractivity contribution in [2.75, 3.05) is 14.1 Å². The van der Waals surface area contributed by atoms with Gasteiger partial charge in [0.25, 0.3) is 23.6 Å². The van der Waals surface area contributed by atoms with Gasteiger partial charge in [0.05, 0.1) is 0 Å². The lowest BCUT2D eigenvalue weighted by molar-refractivity contribution is 0.0636. The summed E-state index contributed by atoms with van der Waals surface area (Å²) in [5.74, 6) is -1.70. The number of carbonyl (C=O) groups excluding carboxylic acids is 4. The van der Waals surface area contributed by atoms with Crippen LogP contribution in [-0.2, 0) is 0 Å². The number of rotatable bonds is 0. The lowest BCUT2D eigenvalue weighted by atomic mass is 9.94. The van der Waals surface area contributed by atoms with E-state index in [2.05, 4.69) is 0 Å². The third-order valence-electron chi connectivity index (χ3n) is 3.93. The molecular formula is C14H8N2O4S. The molecule has 2 aliphatic rings. The molecule has 0 fully saturated rings. The van der Waals surface area contributed by atoms with E-state index in [1.165, 1.54) is 14.1 Å². The molecule has 0 saturated heterocycles. The summed E-state index contributed by atoms with van der Waals surface area (Å²) in [5.41, 5.74) is 0.719. The molecule has 3 heterocycles. The van der Waals surface area contributed by atoms with Crippen molar-refractivity contribution >= 4 is 45.7 Å². The minimum absolute atomic E-state index is 0.343. The van der Waals surface area contributed by atoms with E-state index in [0.717, 1.165) is 21.1 Å². The normalized spacial score (nSPS) is 17.2. The van der Waals surface area contributed by atoms with Gasteiger partial charge in [0, 0.05) is 36.0 Å². The second-order valence-electron chi connectivity index (χ2n) is 5.01. The average molecular weight is 300 g/mol. The van der Waals surface area contributed by atoms with Crippen molar-refractivity contribution in [1.82, 2.24) is 9.80 Å². The molecule has 0 spiro atoms. The summed E-state index contributed by atoms with van der Waals surface area (Å²) in [5, 5.41) is 0.880. The zero-order valence-electron chi connectivity index (χ0n) is 11.1. The van der Waals surface area contributed by atoms with E-state index in [4.69, 9.17) is 0 Å². The van der Waals surface area contributed by atoms with Crippen molar-refractivity contribution in [2.24, 2.45) is 0 Å². The van der Waals surface area contributed by atoms with E-state index >= 15 is 0 Å². The summed E-state index contributed by atoms with van der Waals surface area (Å²) in [6.45, 7) is 0. The second kappa shape index (κ2) is 3.56. The van der Waals surface area contributed by atoms with Gasteiger partial charge < -0.3 is 0 Å². The van der Waals surface area contributed by atoms with Crippen LogP contribution in [0.25, 0.3) is 10.8 Å². The Hall–Kier alpha value is -2.54. The fourth-order valence-corrected chi connectivity index (χ4v) is 4.07. The first-order valence-electron chi connectivity index (χ1n) is 6.17. The maximum Gasteiger partial charge on any atom is 0.271 e. The van der Waals surface area contributed by atoms with Gasteiger partial charge in [-0.05, 0) is 12.1 Å². The number of nitrogens with zero attached hydrogens (tertiary/aromatic N) is 2. The average Bonchev–Trinajstić information content (AvgIpc) is 2.88. The Bertz CT molecular complexity index is 839. The van der Waals surface area contributed by atoms with E-state index in [1.54, 1.807) is 12.1 Å². The van der Waals surface area contributed by atoms with Gasteiger partial charge in [0.1, 0.15) is 9.75 Å². The molecule has 0 aliphatic carbocycles. The van der Waals surface area contributed by atoms with Gasteiger partial charge in [-0.15, -0.1) is 11.3 Å². The Morgan fingerprint density at radius 1 is 0.714 bits per heavy atom. The maximum atomic E-state index is 12.2. The predicted molar refractivity (Wildman–Crippen MR) is 74.7 cm³/mol. The molecule has 1 aromatic carbocycles. The van der Waals surface area contributed by atoms with E-state index < -0.39 is 23.6 Å². The second-order valence-corrected chi connectivity index (χ2v) is 6.03. The van der Waals surface area contributed by atoms with Crippen molar-refractivity contribution in [3.05, 3.63) is 33.0 Å². The van der Waals surface area contributed by atoms with E-state index in [-0.39, 0.29) is 0 Å². The molecule has 21 heavy (non-hydrogen) atoms. The molecule has 0 radical (unpaired) electrons. The van der Waals surface area contributed by atoms with Gasteiger partial charge in [-0.3, -0.25) is 29.0 Å². The highest BCUT2D eigenvalue weighted by Crippen LogP contribution is 2.42. The largest absolute Gasteiger partial charge is 0.277 e. The Morgan fingerprint density at radius 3 is 1.48 bits per heavy atom. The van der Waals surface area contributed by atoms with Gasteiger partial charge in [-0.1, -0.05) is 0 Å². The highest BCUT2D eigenvalue weighted by atomic mass is 32.1. The number of amides is 4. The number of imide groups is 2. The molecule has 4 amide bonds. The van der Waals surface area contributed by atoms with Crippen LogP contribution in [0.15, 0.2) is 12.1 Å². The third-order valence-corrected chi connectivity index (χ3v) is 5.10. The molecule has 104 valence electrons. The Balaban J connectivity index is 2.23. The Kier molecular flexibility index (Phi) is 2.07. The van der Waals surface area contributed by atoms with E-state index in [1.807, 2.05) is 0 Å². The summed E-state index contributed by atoms with van der Waals surface area (Å²) in [6, 6.07) is 3.09. The highest BCUT2D eigenvalue weighted by molar-refractivity contribution is 7.18. The van der Waals surface area contributed by atoms with Gasteiger partial charge in [0.2, 0.25) is 0 Å². The van der Waals surface area contributed by atoms with Crippen LogP contribution < -0.4 is 0 Å². The fraction of sp³-hybridized carbons (Fsp3) is 0.143. The van der Waals surface area contributed by atoms with Crippen molar-refractivity contribution in [1.29, 1.82) is 0 Å². The summed E-state index contributed by atoms with van der Waals surface area (Å²) in [4.78, 5) is 51.6. The Morgan fingerprint density at radius 2 is 1.10 bits per heavy atom. The predicted octanol–water partition coefficient (Wildman–Crippen LogP) is 1.35. The molecule has 1 aromatic heterocycles. The zero-order chi connectivity index (χ0) is 15.0. The van der Waals surface area contributed by atoms with Crippen LogP contribution in [0.3, 0.4) is 0 Å². The Labute approximate surface area is 122 Å². The lowest BCUT2D eigenvalue weighted by Crippen LogP contribution is -2.37. The van der Waals surface area contributed by atoms with Crippen molar-refractivity contribution in [2.45, 2.75) is 0 Å². The van der Waals surface area contributed by atoms with Crippen LogP contribution in [0, 0.1) is 0 Å². The number of hydrogen-bond donors (Lipinski definition) is 0. The minimum atomic E-state index is -0.435. The summed E-state index contributed by atoms with van der Waals surface area (Å²) in [7, 11) is 2.82. The first-order chi connectivity index (χ1) is 9.93.